The van der Waals surface area contributed by atoms with Crippen molar-refractivity contribution in [2.24, 2.45) is 5.92 Å². The van der Waals surface area contributed by atoms with Crippen molar-refractivity contribution in [3.63, 3.8) is 0 Å². The Morgan fingerprint density at radius 2 is 2.33 bits per heavy atom. The number of nitrogens with zero attached hydrogens (tertiary/aromatic N) is 1. The van der Waals surface area contributed by atoms with Gasteiger partial charge in [-0.25, -0.2) is 0 Å². The Bertz CT molecular complexity index is 158. The molecule has 0 amide bonds. The van der Waals surface area contributed by atoms with Gasteiger partial charge in [-0.2, -0.15) is 0 Å². The summed E-state index contributed by atoms with van der Waals surface area (Å²) in [5.74, 6) is 0.731. The zero-order chi connectivity index (χ0) is 6.10. The van der Waals surface area contributed by atoms with Crippen LogP contribution >= 0.6 is 0 Å². The van der Waals surface area contributed by atoms with Crippen molar-refractivity contribution in [1.82, 2.24) is 5.32 Å². The molecule has 1 heterocycles. The van der Waals surface area contributed by atoms with Crippen molar-refractivity contribution < 1.29 is 0 Å². The van der Waals surface area contributed by atoms with E-state index < -0.39 is 0 Å². The van der Waals surface area contributed by atoms with Gasteiger partial charge < -0.3 is 0 Å². The van der Waals surface area contributed by atoms with E-state index in [9.17, 15) is 0 Å². The molecule has 2 rings (SSSR count). The van der Waals surface area contributed by atoms with Crippen LogP contribution in [0.1, 0.15) is 12.8 Å². The van der Waals surface area contributed by atoms with Crippen LogP contribution in [-0.2, 0) is 0 Å². The van der Waals surface area contributed by atoms with E-state index in [0.717, 1.165) is 5.92 Å². The number of hydrogen-bond donors (Lipinski definition) is 0. The Hall–Kier alpha value is -0.720. The average molecular weight is 120 g/mol. The first kappa shape index (κ1) is 5.10. The molecule has 2 aliphatic rings. The van der Waals surface area contributed by atoms with Gasteiger partial charge in [0.2, 0.25) is 0 Å². The van der Waals surface area contributed by atoms with Gasteiger partial charge in [0.1, 0.15) is 0 Å². The maximum atomic E-state index is 4.29. The third-order valence-electron chi connectivity index (χ3n) is 2.03. The van der Waals surface area contributed by atoms with Crippen LogP contribution in [0.3, 0.4) is 0 Å². The van der Waals surface area contributed by atoms with Crippen molar-refractivity contribution in [3.8, 4) is 0 Å². The van der Waals surface area contributed by atoms with Crippen molar-refractivity contribution >= 4 is 0 Å². The summed E-state index contributed by atoms with van der Waals surface area (Å²) in [6.07, 6.45) is 11.1. The molecule has 0 fully saturated rings. The smallest absolute Gasteiger partial charge is 0.0743 e. The van der Waals surface area contributed by atoms with Crippen LogP contribution < -0.4 is 5.32 Å². The van der Waals surface area contributed by atoms with Crippen LogP contribution in [0.5, 0.6) is 0 Å². The Morgan fingerprint density at radius 3 is 3.22 bits per heavy atom. The van der Waals surface area contributed by atoms with Crippen molar-refractivity contribution in [3.05, 3.63) is 24.4 Å². The van der Waals surface area contributed by atoms with Gasteiger partial charge in [-0.05, 0) is 12.8 Å². The predicted molar refractivity (Wildman–Crippen MR) is 36.9 cm³/mol. The van der Waals surface area contributed by atoms with E-state index >= 15 is 0 Å². The first-order valence-corrected chi connectivity index (χ1v) is 3.50. The molecule has 0 N–H and O–H groups in total. The van der Waals surface area contributed by atoms with Gasteiger partial charge >= 0.3 is 0 Å². The van der Waals surface area contributed by atoms with E-state index in [-0.39, 0.29) is 0 Å². The topological polar surface area (TPSA) is 14.1 Å². The summed E-state index contributed by atoms with van der Waals surface area (Å²) in [5, 5.41) is 4.29. The standard InChI is InChI=1S/C8H10N/c1-2-4-8-7(3-1)5-6-9-8/h2,4-8H,1,3H2. The van der Waals surface area contributed by atoms with Crippen LogP contribution in [0.2, 0.25) is 0 Å². The molecule has 47 valence electrons. The van der Waals surface area contributed by atoms with Gasteiger partial charge in [0.05, 0.1) is 6.04 Å². The molecular weight excluding hydrogens is 110 g/mol. The van der Waals surface area contributed by atoms with Gasteiger partial charge in [0.25, 0.3) is 0 Å². The Kier molecular flexibility index (Phi) is 1.08. The molecule has 0 aromatic heterocycles. The molecule has 0 aromatic rings. The number of hydrogen-bond acceptors (Lipinski definition) is 0. The van der Waals surface area contributed by atoms with E-state index in [0.29, 0.717) is 6.04 Å². The third-order valence-corrected chi connectivity index (χ3v) is 2.03. The van der Waals surface area contributed by atoms with Crippen LogP contribution in [0.15, 0.2) is 24.4 Å². The third kappa shape index (κ3) is 0.766. The molecule has 1 aliphatic carbocycles. The second-order valence-electron chi connectivity index (χ2n) is 2.65. The molecule has 9 heavy (non-hydrogen) atoms. The molecule has 0 spiro atoms. The molecule has 0 saturated heterocycles. The summed E-state index contributed by atoms with van der Waals surface area (Å²) in [5.41, 5.74) is 0. The molecule has 0 saturated carbocycles. The molecule has 1 heteroatoms. The summed E-state index contributed by atoms with van der Waals surface area (Å²) in [7, 11) is 0. The minimum absolute atomic E-state index is 0.499. The fourth-order valence-electron chi connectivity index (χ4n) is 1.47. The fourth-order valence-corrected chi connectivity index (χ4v) is 1.47. The summed E-state index contributed by atoms with van der Waals surface area (Å²) in [6.45, 7) is 0. The fraction of sp³-hybridized carbons (Fsp3) is 0.500. The molecule has 1 aliphatic heterocycles. The lowest BCUT2D eigenvalue weighted by molar-refractivity contribution is 0.501. The quantitative estimate of drug-likeness (QED) is 0.430. The van der Waals surface area contributed by atoms with E-state index in [1.54, 1.807) is 0 Å². The van der Waals surface area contributed by atoms with Crippen LogP contribution in [0.4, 0.5) is 0 Å². The van der Waals surface area contributed by atoms with E-state index in [4.69, 9.17) is 0 Å². The van der Waals surface area contributed by atoms with E-state index in [2.05, 4.69) is 23.5 Å². The van der Waals surface area contributed by atoms with Gasteiger partial charge in [0.15, 0.2) is 0 Å². The second-order valence-corrected chi connectivity index (χ2v) is 2.65. The zero-order valence-electron chi connectivity index (χ0n) is 5.33. The summed E-state index contributed by atoms with van der Waals surface area (Å²) >= 11 is 0. The number of rotatable bonds is 0. The Labute approximate surface area is 55.5 Å². The SMILES string of the molecule is C1=CC2[N]C=CC2CC1. The average Bonchev–Trinajstić information content (AvgIpc) is 2.33. The highest BCUT2D eigenvalue weighted by molar-refractivity contribution is 5.13. The minimum Gasteiger partial charge on any atom is -0.285 e. The van der Waals surface area contributed by atoms with E-state index in [1.807, 2.05) is 6.20 Å². The normalized spacial score (nSPS) is 38.2. The molecule has 0 bridgehead atoms. The Balaban J connectivity index is 2.16. The molecular formula is C8H10N. The molecule has 0 aromatic carbocycles. The maximum absolute atomic E-state index is 4.29. The lowest BCUT2D eigenvalue weighted by Gasteiger charge is -2.17. The van der Waals surface area contributed by atoms with E-state index in [1.165, 1.54) is 12.8 Å². The lowest BCUT2D eigenvalue weighted by atomic mass is 9.92. The lowest BCUT2D eigenvalue weighted by Crippen LogP contribution is -2.21. The molecule has 2 unspecified atom stereocenters. The molecule has 2 atom stereocenters. The minimum atomic E-state index is 0.499. The van der Waals surface area contributed by atoms with Crippen LogP contribution in [-0.4, -0.2) is 6.04 Å². The van der Waals surface area contributed by atoms with Gasteiger partial charge in [-0.15, -0.1) is 0 Å². The highest BCUT2D eigenvalue weighted by Gasteiger charge is 2.22. The Morgan fingerprint density at radius 1 is 1.33 bits per heavy atom. The van der Waals surface area contributed by atoms with Crippen molar-refractivity contribution in [2.45, 2.75) is 18.9 Å². The number of fused-ring (bicyclic) bond motifs is 1. The second kappa shape index (κ2) is 1.90. The summed E-state index contributed by atoms with van der Waals surface area (Å²) < 4.78 is 0. The van der Waals surface area contributed by atoms with Gasteiger partial charge in [-0.1, -0.05) is 18.2 Å². The van der Waals surface area contributed by atoms with Gasteiger partial charge in [-0.3, -0.25) is 5.32 Å². The highest BCUT2D eigenvalue weighted by Crippen LogP contribution is 2.24. The largest absolute Gasteiger partial charge is 0.285 e. The summed E-state index contributed by atoms with van der Waals surface area (Å²) in [6, 6.07) is 0.499. The van der Waals surface area contributed by atoms with Crippen LogP contribution in [0, 0.1) is 5.92 Å². The number of allylic oxidation sites excluding steroid dienone is 1. The predicted octanol–water partition coefficient (Wildman–Crippen LogP) is 1.45. The summed E-state index contributed by atoms with van der Waals surface area (Å²) in [4.78, 5) is 0. The first-order chi connectivity index (χ1) is 4.47. The molecule has 1 nitrogen and oxygen atoms in total. The van der Waals surface area contributed by atoms with Crippen molar-refractivity contribution in [2.75, 3.05) is 0 Å². The maximum Gasteiger partial charge on any atom is 0.0743 e. The zero-order valence-corrected chi connectivity index (χ0v) is 5.33. The van der Waals surface area contributed by atoms with Gasteiger partial charge in [0, 0.05) is 12.1 Å². The molecule has 1 radical (unpaired) electrons. The van der Waals surface area contributed by atoms with Crippen LogP contribution in [0.25, 0.3) is 0 Å². The highest BCUT2D eigenvalue weighted by atomic mass is 14.9. The van der Waals surface area contributed by atoms with Crippen molar-refractivity contribution in [1.29, 1.82) is 0 Å². The first-order valence-electron chi connectivity index (χ1n) is 3.50. The monoisotopic (exact) mass is 120 g/mol.